The van der Waals surface area contributed by atoms with Crippen molar-refractivity contribution < 1.29 is 4.74 Å². The Bertz CT molecular complexity index is 1130. The molecule has 0 saturated heterocycles. The molecule has 0 unspecified atom stereocenters. The molecule has 0 fully saturated rings. The van der Waals surface area contributed by atoms with Gasteiger partial charge in [-0.1, -0.05) is 85.6 Å². The van der Waals surface area contributed by atoms with Crippen LogP contribution in [-0.4, -0.2) is 0 Å². The molecule has 1 heterocycles. The largest absolute Gasteiger partial charge is 0.453 e. The van der Waals surface area contributed by atoms with Crippen LogP contribution in [0.3, 0.4) is 0 Å². The minimum Gasteiger partial charge on any atom is -0.453 e. The van der Waals surface area contributed by atoms with Crippen LogP contribution in [-0.2, 0) is 17.3 Å². The van der Waals surface area contributed by atoms with E-state index in [9.17, 15) is 0 Å². The average molecular weight is 456 g/mol. The fraction of sp³-hybridized carbons (Fsp3) is 0.438. The lowest BCUT2D eigenvalue weighted by atomic mass is 9.80. The van der Waals surface area contributed by atoms with E-state index in [4.69, 9.17) is 4.74 Å². The minimum absolute atomic E-state index is 0.0649. The predicted molar refractivity (Wildman–Crippen MR) is 146 cm³/mol. The molecule has 3 aromatic carbocycles. The topological polar surface area (TPSA) is 12.5 Å². The summed E-state index contributed by atoms with van der Waals surface area (Å²) in [6.45, 7) is 15.9. The van der Waals surface area contributed by atoms with E-state index in [1.165, 1.54) is 41.6 Å². The van der Waals surface area contributed by atoms with Crippen molar-refractivity contribution in [1.82, 2.24) is 0 Å². The summed E-state index contributed by atoms with van der Waals surface area (Å²) < 4.78 is 6.61. The van der Waals surface area contributed by atoms with Crippen LogP contribution in [0.4, 0.5) is 17.1 Å². The molecule has 0 aliphatic carbocycles. The zero-order valence-electron chi connectivity index (χ0n) is 22.2. The molecule has 4 rings (SSSR count). The number of fused-ring (bicyclic) bond motifs is 2. The standard InChI is InChI=1S/C32H41NO/c1-8-10-11-23-12-16-26(17-13-23)33-27-18-14-24(31(3,4)5)21-29(27)34-30-22-25(15-19-28(30)33)32(6,7)20-9-2/h12-19,21-22H,8-11,20H2,1-7H3. The third-order valence-corrected chi connectivity index (χ3v) is 7.16. The van der Waals surface area contributed by atoms with Gasteiger partial charge in [0.1, 0.15) is 0 Å². The first kappa shape index (κ1) is 24.4. The van der Waals surface area contributed by atoms with Crippen molar-refractivity contribution >= 4 is 17.1 Å². The summed E-state index contributed by atoms with van der Waals surface area (Å²) in [5.74, 6) is 1.87. The summed E-state index contributed by atoms with van der Waals surface area (Å²) >= 11 is 0. The predicted octanol–water partition coefficient (Wildman–Crippen LogP) is 9.98. The second kappa shape index (κ2) is 9.49. The molecular formula is C32H41NO. The molecule has 2 heteroatoms. The second-order valence-corrected chi connectivity index (χ2v) is 11.5. The molecular weight excluding hydrogens is 414 g/mol. The van der Waals surface area contributed by atoms with Gasteiger partial charge in [-0.25, -0.2) is 0 Å². The lowest BCUT2D eigenvalue weighted by Crippen LogP contribution is -2.20. The number of anilines is 3. The van der Waals surface area contributed by atoms with Gasteiger partial charge < -0.3 is 9.64 Å². The van der Waals surface area contributed by atoms with Crippen molar-refractivity contribution in [2.24, 2.45) is 0 Å². The van der Waals surface area contributed by atoms with Gasteiger partial charge in [-0.2, -0.15) is 0 Å². The fourth-order valence-electron chi connectivity index (χ4n) is 4.94. The highest BCUT2D eigenvalue weighted by Gasteiger charge is 2.29. The Morgan fingerprint density at radius 2 is 1.29 bits per heavy atom. The van der Waals surface area contributed by atoms with Crippen LogP contribution >= 0.6 is 0 Å². The Morgan fingerprint density at radius 1 is 0.706 bits per heavy atom. The third kappa shape index (κ3) is 4.87. The molecule has 0 N–H and O–H groups in total. The molecule has 0 bridgehead atoms. The van der Waals surface area contributed by atoms with Crippen LogP contribution in [0, 0.1) is 0 Å². The smallest absolute Gasteiger partial charge is 0.151 e. The lowest BCUT2D eigenvalue weighted by Gasteiger charge is -2.35. The normalized spacial score (nSPS) is 13.3. The molecule has 0 saturated carbocycles. The molecule has 180 valence electrons. The zero-order valence-corrected chi connectivity index (χ0v) is 22.2. The van der Waals surface area contributed by atoms with Crippen LogP contribution in [0.5, 0.6) is 11.5 Å². The molecule has 0 radical (unpaired) electrons. The molecule has 0 spiro atoms. The Hall–Kier alpha value is -2.74. The highest BCUT2D eigenvalue weighted by molar-refractivity contribution is 5.86. The maximum atomic E-state index is 6.61. The number of benzene rings is 3. The van der Waals surface area contributed by atoms with Crippen molar-refractivity contribution in [3.05, 3.63) is 77.4 Å². The van der Waals surface area contributed by atoms with Gasteiger partial charge in [-0.3, -0.25) is 0 Å². The Kier molecular flexibility index (Phi) is 6.80. The number of rotatable bonds is 7. The molecule has 0 aromatic heterocycles. The Morgan fingerprint density at radius 3 is 1.85 bits per heavy atom. The van der Waals surface area contributed by atoms with Gasteiger partial charge in [0, 0.05) is 5.69 Å². The van der Waals surface area contributed by atoms with Crippen LogP contribution in [0.1, 0.15) is 90.8 Å². The second-order valence-electron chi connectivity index (χ2n) is 11.5. The molecule has 34 heavy (non-hydrogen) atoms. The molecule has 0 atom stereocenters. The van der Waals surface area contributed by atoms with Crippen molar-refractivity contribution in [1.29, 1.82) is 0 Å². The van der Waals surface area contributed by atoms with E-state index in [1.54, 1.807) is 0 Å². The number of hydrogen-bond acceptors (Lipinski definition) is 2. The third-order valence-electron chi connectivity index (χ3n) is 7.16. The van der Waals surface area contributed by atoms with Gasteiger partial charge in [-0.15, -0.1) is 0 Å². The van der Waals surface area contributed by atoms with Crippen LogP contribution in [0.25, 0.3) is 0 Å². The summed E-state index contributed by atoms with van der Waals surface area (Å²) in [5.41, 5.74) is 7.58. The molecule has 1 aliphatic rings. The van der Waals surface area contributed by atoms with Crippen molar-refractivity contribution in [3.8, 4) is 11.5 Å². The van der Waals surface area contributed by atoms with Crippen LogP contribution in [0.2, 0.25) is 0 Å². The van der Waals surface area contributed by atoms with E-state index < -0.39 is 0 Å². The maximum Gasteiger partial charge on any atom is 0.151 e. The highest BCUT2D eigenvalue weighted by Crippen LogP contribution is 2.52. The number of nitrogens with zero attached hydrogens (tertiary/aromatic N) is 1. The van der Waals surface area contributed by atoms with Gasteiger partial charge in [0.2, 0.25) is 0 Å². The van der Waals surface area contributed by atoms with Crippen molar-refractivity contribution in [3.63, 3.8) is 0 Å². The lowest BCUT2D eigenvalue weighted by molar-refractivity contribution is 0.454. The first-order valence-electron chi connectivity index (χ1n) is 13.0. The zero-order chi connectivity index (χ0) is 24.5. The van der Waals surface area contributed by atoms with Gasteiger partial charge >= 0.3 is 0 Å². The van der Waals surface area contributed by atoms with E-state index in [2.05, 4.69) is 114 Å². The van der Waals surface area contributed by atoms with Gasteiger partial charge in [0.05, 0.1) is 11.4 Å². The quantitative estimate of drug-likeness (QED) is 0.275. The molecule has 3 aromatic rings. The summed E-state index contributed by atoms with van der Waals surface area (Å²) in [6, 6.07) is 22.6. The monoisotopic (exact) mass is 455 g/mol. The van der Waals surface area contributed by atoms with E-state index >= 15 is 0 Å². The fourth-order valence-corrected chi connectivity index (χ4v) is 4.94. The molecule has 2 nitrogen and oxygen atoms in total. The van der Waals surface area contributed by atoms with Crippen molar-refractivity contribution in [2.75, 3.05) is 4.90 Å². The van der Waals surface area contributed by atoms with E-state index in [-0.39, 0.29) is 10.8 Å². The van der Waals surface area contributed by atoms with Crippen molar-refractivity contribution in [2.45, 2.75) is 91.4 Å². The first-order valence-corrected chi connectivity index (χ1v) is 13.0. The SMILES string of the molecule is CCCCc1ccc(N2c3ccc(C(C)(C)C)cc3Oc3cc(C(C)(C)CCC)ccc32)cc1. The number of hydrogen-bond donors (Lipinski definition) is 0. The van der Waals surface area contributed by atoms with E-state index in [0.29, 0.717) is 0 Å². The highest BCUT2D eigenvalue weighted by atomic mass is 16.5. The molecule has 1 aliphatic heterocycles. The van der Waals surface area contributed by atoms with Gasteiger partial charge in [-0.05, 0) is 83.2 Å². The Labute approximate surface area is 207 Å². The van der Waals surface area contributed by atoms with Gasteiger partial charge in [0.25, 0.3) is 0 Å². The van der Waals surface area contributed by atoms with E-state index in [1.807, 2.05) is 0 Å². The number of ether oxygens (including phenoxy) is 1. The van der Waals surface area contributed by atoms with E-state index in [0.717, 1.165) is 35.7 Å². The summed E-state index contributed by atoms with van der Waals surface area (Å²) in [7, 11) is 0. The summed E-state index contributed by atoms with van der Waals surface area (Å²) in [6.07, 6.45) is 5.91. The van der Waals surface area contributed by atoms with Gasteiger partial charge in [0.15, 0.2) is 11.5 Å². The first-order chi connectivity index (χ1) is 16.1. The summed E-state index contributed by atoms with van der Waals surface area (Å²) in [4.78, 5) is 2.36. The maximum absolute atomic E-state index is 6.61. The molecule has 0 amide bonds. The average Bonchev–Trinajstić information content (AvgIpc) is 2.80. The number of unbranched alkanes of at least 4 members (excludes halogenated alkanes) is 1. The van der Waals surface area contributed by atoms with Crippen LogP contribution in [0.15, 0.2) is 60.7 Å². The Balaban J connectivity index is 1.82. The number of aryl methyl sites for hydroxylation is 1. The minimum atomic E-state index is 0.0649. The van der Waals surface area contributed by atoms with Crippen LogP contribution < -0.4 is 9.64 Å². The summed E-state index contributed by atoms with van der Waals surface area (Å²) in [5, 5.41) is 0.